The molecule has 3 aliphatic heterocycles. The van der Waals surface area contributed by atoms with Crippen LogP contribution in [0.15, 0.2) is 79.4 Å². The molecule has 288 valence electrons. The van der Waals surface area contributed by atoms with Gasteiger partial charge in [0.25, 0.3) is 0 Å². The number of piperidine rings is 2. The van der Waals surface area contributed by atoms with E-state index in [-0.39, 0.29) is 11.2 Å². The standard InChI is InChI=1S/C37H39N7O3S.C2HF3O2/c1-42-29-22-39-35-32(33(29)37(36(42)45)15-20-44(21-16-37)30-12-17-38-24-40-30)31(26-6-4-3-5-7-26)34(41-35)27-10-8-25(9-11-27)23-43-18-13-28(14-19-43)48(2,46)47;3-2(4,5)1(6)7/h3-12,17,22,24,28H,13-16,18-21,23H2,1-2H3,(H,39,41);(H,6,7). The average molecular weight is 776 g/mol. The van der Waals surface area contributed by atoms with Crippen LogP contribution in [0.3, 0.4) is 0 Å². The monoisotopic (exact) mass is 775 g/mol. The van der Waals surface area contributed by atoms with Crippen molar-refractivity contribution < 1.29 is 36.3 Å². The molecule has 55 heavy (non-hydrogen) atoms. The SMILES string of the molecule is CN1C(=O)C2(CCN(c3ccncn3)CC2)c2c1cnc1[nH]c(-c3ccc(CN4CCC(S(C)(=O)=O)CC4)cc3)c(-c3ccccc3)c21.O=C(O)C(F)(F)F. The molecular formula is C39H40F3N7O5S. The third-order valence-corrected chi connectivity index (χ3v) is 12.6. The second-order valence-electron chi connectivity index (χ2n) is 14.3. The Labute approximate surface area is 315 Å². The highest BCUT2D eigenvalue weighted by Crippen LogP contribution is 2.53. The Kier molecular flexibility index (Phi) is 10.1. The number of sulfone groups is 1. The van der Waals surface area contributed by atoms with Crippen LogP contribution in [0.1, 0.15) is 36.8 Å². The summed E-state index contributed by atoms with van der Waals surface area (Å²) in [7, 11) is -1.12. The predicted octanol–water partition coefficient (Wildman–Crippen LogP) is 5.84. The van der Waals surface area contributed by atoms with Crippen molar-refractivity contribution in [2.75, 3.05) is 49.3 Å². The van der Waals surface area contributed by atoms with Crippen molar-refractivity contribution in [3.05, 3.63) is 90.5 Å². The van der Waals surface area contributed by atoms with E-state index in [0.717, 1.165) is 70.1 Å². The molecule has 6 heterocycles. The molecule has 2 fully saturated rings. The number of rotatable bonds is 6. The fourth-order valence-electron chi connectivity index (χ4n) is 8.11. The van der Waals surface area contributed by atoms with Gasteiger partial charge in [0, 0.05) is 55.6 Å². The van der Waals surface area contributed by atoms with Crippen molar-refractivity contribution in [1.82, 2.24) is 24.8 Å². The van der Waals surface area contributed by atoms with Crippen molar-refractivity contribution in [2.45, 2.75) is 49.1 Å². The van der Waals surface area contributed by atoms with E-state index in [9.17, 15) is 26.4 Å². The molecule has 8 rings (SSSR count). The Morgan fingerprint density at radius 3 is 2.20 bits per heavy atom. The Bertz CT molecular complexity index is 2310. The number of nitrogens with zero attached hydrogens (tertiary/aromatic N) is 6. The molecule has 0 radical (unpaired) electrons. The number of aliphatic carboxylic acids is 1. The molecule has 2 saturated heterocycles. The van der Waals surface area contributed by atoms with Gasteiger partial charge in [0.1, 0.15) is 27.6 Å². The van der Waals surface area contributed by atoms with Gasteiger partial charge in [0.2, 0.25) is 5.91 Å². The first-order valence-corrected chi connectivity index (χ1v) is 19.8. The van der Waals surface area contributed by atoms with Gasteiger partial charge in [-0.3, -0.25) is 9.69 Å². The number of carbonyl (C=O) groups excluding carboxylic acids is 1. The third kappa shape index (κ3) is 7.40. The topological polar surface area (TPSA) is 153 Å². The van der Waals surface area contributed by atoms with Crippen LogP contribution in [0, 0.1) is 0 Å². The van der Waals surface area contributed by atoms with Crippen LogP contribution in [-0.4, -0.2) is 101 Å². The van der Waals surface area contributed by atoms with Gasteiger partial charge in [0.05, 0.1) is 28.2 Å². The van der Waals surface area contributed by atoms with Crippen LogP contribution in [0.4, 0.5) is 24.7 Å². The number of carbonyl (C=O) groups is 2. The van der Waals surface area contributed by atoms with Crippen LogP contribution < -0.4 is 9.80 Å². The number of anilines is 2. The fraction of sp³-hybridized carbons (Fsp3) is 0.359. The number of amides is 1. The first-order valence-electron chi connectivity index (χ1n) is 17.9. The van der Waals surface area contributed by atoms with Crippen molar-refractivity contribution in [1.29, 1.82) is 0 Å². The lowest BCUT2D eigenvalue weighted by Gasteiger charge is -2.39. The van der Waals surface area contributed by atoms with Crippen molar-refractivity contribution in [3.8, 4) is 22.4 Å². The number of carboxylic acid groups (broad SMARTS) is 1. The number of halogens is 3. The summed E-state index contributed by atoms with van der Waals surface area (Å²) in [5.74, 6) is -1.75. The van der Waals surface area contributed by atoms with Crippen LogP contribution >= 0.6 is 0 Å². The lowest BCUT2D eigenvalue weighted by atomic mass is 9.72. The summed E-state index contributed by atoms with van der Waals surface area (Å²) >= 11 is 0. The Morgan fingerprint density at radius 2 is 1.62 bits per heavy atom. The first kappa shape index (κ1) is 37.9. The Balaban J connectivity index is 0.000000609. The van der Waals surface area contributed by atoms with Crippen LogP contribution in [-0.2, 0) is 31.4 Å². The summed E-state index contributed by atoms with van der Waals surface area (Å²) < 4.78 is 55.8. The molecule has 1 spiro atoms. The number of hydrogen-bond donors (Lipinski definition) is 2. The molecule has 5 aromatic rings. The summed E-state index contributed by atoms with van der Waals surface area (Å²) in [6, 6.07) is 21.0. The van der Waals surface area contributed by atoms with E-state index in [1.54, 1.807) is 17.4 Å². The molecule has 2 aromatic carbocycles. The third-order valence-electron chi connectivity index (χ3n) is 11.0. The lowest BCUT2D eigenvalue weighted by Crippen LogP contribution is -2.48. The highest BCUT2D eigenvalue weighted by molar-refractivity contribution is 7.91. The number of H-pyrrole nitrogens is 1. The maximum Gasteiger partial charge on any atom is 0.490 e. The molecule has 0 bridgehead atoms. The predicted molar refractivity (Wildman–Crippen MR) is 202 cm³/mol. The smallest absolute Gasteiger partial charge is 0.475 e. The second-order valence-corrected chi connectivity index (χ2v) is 16.6. The van der Waals surface area contributed by atoms with Crippen LogP contribution in [0.25, 0.3) is 33.4 Å². The molecule has 2 N–H and O–H groups in total. The summed E-state index contributed by atoms with van der Waals surface area (Å²) in [5, 5.41) is 7.91. The van der Waals surface area contributed by atoms with E-state index in [4.69, 9.17) is 14.9 Å². The minimum absolute atomic E-state index is 0.126. The zero-order valence-corrected chi connectivity index (χ0v) is 31.1. The van der Waals surface area contributed by atoms with Crippen molar-refractivity contribution in [2.24, 2.45) is 0 Å². The first-order chi connectivity index (χ1) is 26.2. The Morgan fingerprint density at radius 1 is 0.964 bits per heavy atom. The minimum Gasteiger partial charge on any atom is -0.475 e. The number of likely N-dealkylation sites (N-methyl/N-ethyl adjacent to an activating group) is 1. The van der Waals surface area contributed by atoms with Crippen molar-refractivity contribution in [3.63, 3.8) is 0 Å². The zero-order valence-electron chi connectivity index (χ0n) is 30.3. The summed E-state index contributed by atoms with van der Waals surface area (Å²) in [6.07, 6.45) is 4.17. The number of alkyl halides is 3. The van der Waals surface area contributed by atoms with Gasteiger partial charge in [-0.25, -0.2) is 28.2 Å². The van der Waals surface area contributed by atoms with Gasteiger partial charge in [-0.05, 0) is 61.5 Å². The highest BCUT2D eigenvalue weighted by Gasteiger charge is 2.53. The number of nitrogens with one attached hydrogen (secondary N) is 1. The van der Waals surface area contributed by atoms with E-state index in [1.165, 1.54) is 11.8 Å². The van der Waals surface area contributed by atoms with Crippen LogP contribution in [0.2, 0.25) is 0 Å². The minimum atomic E-state index is -5.08. The number of aromatic amines is 1. The van der Waals surface area contributed by atoms with Gasteiger partial charge in [0.15, 0.2) is 0 Å². The maximum atomic E-state index is 14.2. The number of carboxylic acids is 1. The number of likely N-dealkylation sites (tertiary alicyclic amines) is 1. The molecule has 0 saturated carbocycles. The number of aromatic nitrogens is 4. The molecule has 0 atom stereocenters. The molecule has 12 nitrogen and oxygen atoms in total. The van der Waals surface area contributed by atoms with Gasteiger partial charge < -0.3 is 19.9 Å². The van der Waals surface area contributed by atoms with E-state index >= 15 is 0 Å². The number of benzene rings is 2. The van der Waals surface area contributed by atoms with E-state index < -0.39 is 27.4 Å². The summed E-state index contributed by atoms with van der Waals surface area (Å²) in [4.78, 5) is 46.6. The zero-order chi connectivity index (χ0) is 39.1. The fourth-order valence-corrected chi connectivity index (χ4v) is 9.18. The second kappa shape index (κ2) is 14.7. The number of pyridine rings is 1. The van der Waals surface area contributed by atoms with Gasteiger partial charge in [-0.15, -0.1) is 0 Å². The molecule has 1 amide bonds. The van der Waals surface area contributed by atoms with Crippen LogP contribution in [0.5, 0.6) is 0 Å². The molecule has 16 heteroatoms. The quantitative estimate of drug-likeness (QED) is 0.215. The average Bonchev–Trinajstić information content (AvgIpc) is 3.66. The maximum absolute atomic E-state index is 14.2. The summed E-state index contributed by atoms with van der Waals surface area (Å²) in [5.41, 5.74) is 7.41. The van der Waals surface area contributed by atoms with Gasteiger partial charge in [-0.1, -0.05) is 54.6 Å². The van der Waals surface area contributed by atoms with Gasteiger partial charge in [-0.2, -0.15) is 13.2 Å². The number of hydrogen-bond acceptors (Lipinski definition) is 9. The number of fused-ring (bicyclic) bond motifs is 4. The van der Waals surface area contributed by atoms with E-state index in [1.807, 2.05) is 25.4 Å². The molecular weight excluding hydrogens is 736 g/mol. The van der Waals surface area contributed by atoms with Crippen molar-refractivity contribution >= 4 is 44.3 Å². The van der Waals surface area contributed by atoms with E-state index in [0.29, 0.717) is 38.8 Å². The summed E-state index contributed by atoms with van der Waals surface area (Å²) in [6.45, 7) is 3.77. The lowest BCUT2D eigenvalue weighted by molar-refractivity contribution is -0.192. The molecule has 3 aliphatic rings. The molecule has 0 unspecified atom stereocenters. The van der Waals surface area contributed by atoms with E-state index in [2.05, 4.69) is 73.3 Å². The normalized spacial score (nSPS) is 17.7. The highest BCUT2D eigenvalue weighted by atomic mass is 32.2. The molecule has 3 aromatic heterocycles. The van der Waals surface area contributed by atoms with Gasteiger partial charge >= 0.3 is 12.1 Å². The molecule has 0 aliphatic carbocycles. The largest absolute Gasteiger partial charge is 0.490 e. The Hall–Kier alpha value is -5.35.